The van der Waals surface area contributed by atoms with Gasteiger partial charge in [0.15, 0.2) is 0 Å². The van der Waals surface area contributed by atoms with E-state index in [1.165, 1.54) is 10.8 Å². The van der Waals surface area contributed by atoms with Crippen LogP contribution >= 0.6 is 0 Å². The summed E-state index contributed by atoms with van der Waals surface area (Å²) >= 11 is 0. The van der Waals surface area contributed by atoms with Gasteiger partial charge in [0.05, 0.1) is 5.69 Å². The lowest BCUT2D eigenvalue weighted by molar-refractivity contribution is 0.852. The Bertz CT molecular complexity index is 496. The molecule has 0 fully saturated rings. The Morgan fingerprint density at radius 3 is 3.08 bits per heavy atom. The first-order valence-electron chi connectivity index (χ1n) is 4.15. The van der Waals surface area contributed by atoms with Gasteiger partial charge in [-0.3, -0.25) is 9.89 Å². The van der Waals surface area contributed by atoms with E-state index in [4.69, 9.17) is 0 Å². The number of rotatable bonds is 1. The van der Waals surface area contributed by atoms with Gasteiger partial charge in [0.1, 0.15) is 6.33 Å². The minimum atomic E-state index is -0.0532. The van der Waals surface area contributed by atoms with Crippen LogP contribution in [0.1, 0.15) is 18.2 Å². The van der Waals surface area contributed by atoms with Gasteiger partial charge in [0.25, 0.3) is 11.3 Å². The molecule has 0 aliphatic rings. The zero-order valence-corrected chi connectivity index (χ0v) is 7.53. The van der Waals surface area contributed by atoms with E-state index in [0.717, 1.165) is 11.3 Å². The van der Waals surface area contributed by atoms with Crippen LogP contribution in [0.15, 0.2) is 11.1 Å². The summed E-state index contributed by atoms with van der Waals surface area (Å²) in [4.78, 5) is 19.8. The topological polar surface area (TPSA) is 63.1 Å². The molecular formula is C8H10N4O. The number of hydrogen-bond acceptors (Lipinski definition) is 3. The molecular weight excluding hydrogens is 168 g/mol. The Morgan fingerprint density at radius 2 is 2.38 bits per heavy atom. The average molecular weight is 178 g/mol. The fraction of sp³-hybridized carbons (Fsp3) is 0.375. The summed E-state index contributed by atoms with van der Waals surface area (Å²) in [7, 11) is 0. The van der Waals surface area contributed by atoms with Crippen LogP contribution in [-0.4, -0.2) is 19.6 Å². The van der Waals surface area contributed by atoms with Crippen molar-refractivity contribution in [3.63, 3.8) is 0 Å². The molecule has 0 radical (unpaired) electrons. The minimum absolute atomic E-state index is 0.0532. The minimum Gasteiger partial charge on any atom is -0.278 e. The smallest absolute Gasteiger partial charge is 0.277 e. The highest BCUT2D eigenvalue weighted by atomic mass is 16.1. The van der Waals surface area contributed by atoms with Gasteiger partial charge in [-0.05, 0) is 13.3 Å². The van der Waals surface area contributed by atoms with E-state index in [1.807, 2.05) is 13.8 Å². The summed E-state index contributed by atoms with van der Waals surface area (Å²) < 4.78 is 1.35. The van der Waals surface area contributed by atoms with Crippen LogP contribution in [0.25, 0.3) is 5.78 Å². The molecule has 5 nitrogen and oxygen atoms in total. The van der Waals surface area contributed by atoms with Crippen molar-refractivity contribution in [2.45, 2.75) is 20.3 Å². The molecule has 13 heavy (non-hydrogen) atoms. The molecule has 68 valence electrons. The van der Waals surface area contributed by atoms with Gasteiger partial charge in [-0.1, -0.05) is 6.92 Å². The molecule has 0 bridgehead atoms. The molecule has 0 saturated heterocycles. The SMILES string of the molecule is CCc1c(C)nc2nc[nH]n2c1=O. The second-order valence-corrected chi connectivity index (χ2v) is 2.86. The third-order valence-electron chi connectivity index (χ3n) is 2.09. The van der Waals surface area contributed by atoms with E-state index >= 15 is 0 Å². The molecule has 0 saturated carbocycles. The number of aryl methyl sites for hydroxylation is 1. The fourth-order valence-corrected chi connectivity index (χ4v) is 1.40. The standard InChI is InChI=1S/C8H10N4O/c1-3-6-5(2)11-8-9-4-10-12(8)7(6)13/h4H,3H2,1-2H3,(H,9,10,11). The maximum Gasteiger partial charge on any atom is 0.277 e. The van der Waals surface area contributed by atoms with Crippen molar-refractivity contribution >= 4 is 5.78 Å². The van der Waals surface area contributed by atoms with Crippen molar-refractivity contribution in [1.29, 1.82) is 0 Å². The van der Waals surface area contributed by atoms with E-state index in [1.54, 1.807) is 0 Å². The van der Waals surface area contributed by atoms with E-state index < -0.39 is 0 Å². The molecule has 2 rings (SSSR count). The summed E-state index contributed by atoms with van der Waals surface area (Å²) in [5, 5.41) is 2.72. The van der Waals surface area contributed by atoms with Gasteiger partial charge in [-0.2, -0.15) is 4.52 Å². The van der Waals surface area contributed by atoms with Crippen molar-refractivity contribution in [2.75, 3.05) is 0 Å². The molecule has 0 unspecified atom stereocenters. The van der Waals surface area contributed by atoms with Crippen LogP contribution in [-0.2, 0) is 6.42 Å². The van der Waals surface area contributed by atoms with Gasteiger partial charge in [0, 0.05) is 5.56 Å². The van der Waals surface area contributed by atoms with Gasteiger partial charge >= 0.3 is 0 Å². The van der Waals surface area contributed by atoms with E-state index in [9.17, 15) is 4.79 Å². The Balaban J connectivity index is 2.93. The largest absolute Gasteiger partial charge is 0.278 e. The number of nitrogens with zero attached hydrogens (tertiary/aromatic N) is 3. The number of hydrogen-bond donors (Lipinski definition) is 1. The maximum atomic E-state index is 11.7. The Morgan fingerprint density at radius 1 is 1.62 bits per heavy atom. The molecule has 0 atom stereocenters. The first-order chi connectivity index (χ1) is 6.24. The number of nitrogens with one attached hydrogen (secondary N) is 1. The second kappa shape index (κ2) is 2.69. The summed E-state index contributed by atoms with van der Waals surface area (Å²) in [6, 6.07) is 0. The lowest BCUT2D eigenvalue weighted by Crippen LogP contribution is -2.21. The predicted molar refractivity (Wildman–Crippen MR) is 47.7 cm³/mol. The fourth-order valence-electron chi connectivity index (χ4n) is 1.40. The van der Waals surface area contributed by atoms with Crippen molar-refractivity contribution in [2.24, 2.45) is 0 Å². The molecule has 2 aromatic rings. The zero-order valence-electron chi connectivity index (χ0n) is 7.53. The molecule has 2 aromatic heterocycles. The summed E-state index contributed by atoms with van der Waals surface area (Å²) in [5.41, 5.74) is 1.45. The highest BCUT2D eigenvalue weighted by Gasteiger charge is 2.08. The van der Waals surface area contributed by atoms with Gasteiger partial charge in [0.2, 0.25) is 0 Å². The zero-order chi connectivity index (χ0) is 9.42. The average Bonchev–Trinajstić information content (AvgIpc) is 2.53. The molecule has 0 amide bonds. The Hall–Kier alpha value is -1.65. The third-order valence-corrected chi connectivity index (χ3v) is 2.09. The van der Waals surface area contributed by atoms with E-state index in [0.29, 0.717) is 12.2 Å². The number of fused-ring (bicyclic) bond motifs is 1. The lowest BCUT2D eigenvalue weighted by atomic mass is 10.2. The predicted octanol–water partition coefficient (Wildman–Crippen LogP) is 0.288. The number of aromatic amines is 1. The number of aromatic nitrogens is 4. The highest BCUT2D eigenvalue weighted by molar-refractivity contribution is 5.30. The normalized spacial score (nSPS) is 10.9. The second-order valence-electron chi connectivity index (χ2n) is 2.86. The quantitative estimate of drug-likeness (QED) is 0.682. The summed E-state index contributed by atoms with van der Waals surface area (Å²) in [6.07, 6.45) is 2.15. The van der Waals surface area contributed by atoms with Gasteiger partial charge in [-0.15, -0.1) is 0 Å². The van der Waals surface area contributed by atoms with Crippen LogP contribution in [0.3, 0.4) is 0 Å². The summed E-state index contributed by atoms with van der Waals surface area (Å²) in [5.74, 6) is 0.430. The van der Waals surface area contributed by atoms with Crippen LogP contribution in [0.5, 0.6) is 0 Å². The monoisotopic (exact) mass is 178 g/mol. The Labute approximate surface area is 74.4 Å². The Kier molecular flexibility index (Phi) is 1.65. The molecule has 0 spiro atoms. The lowest BCUT2D eigenvalue weighted by Gasteiger charge is -2.00. The number of H-pyrrole nitrogens is 1. The van der Waals surface area contributed by atoms with Crippen LogP contribution in [0.4, 0.5) is 0 Å². The van der Waals surface area contributed by atoms with E-state index in [2.05, 4.69) is 15.1 Å². The van der Waals surface area contributed by atoms with Crippen molar-refractivity contribution < 1.29 is 0 Å². The molecule has 5 heteroatoms. The van der Waals surface area contributed by atoms with Crippen LogP contribution in [0.2, 0.25) is 0 Å². The van der Waals surface area contributed by atoms with Crippen molar-refractivity contribution in [1.82, 2.24) is 19.6 Å². The van der Waals surface area contributed by atoms with Crippen LogP contribution < -0.4 is 5.56 Å². The van der Waals surface area contributed by atoms with Crippen molar-refractivity contribution in [3.05, 3.63) is 27.9 Å². The molecule has 2 heterocycles. The molecule has 1 N–H and O–H groups in total. The van der Waals surface area contributed by atoms with Crippen molar-refractivity contribution in [3.8, 4) is 0 Å². The van der Waals surface area contributed by atoms with Gasteiger partial charge in [-0.25, -0.2) is 9.97 Å². The molecule has 0 aliphatic carbocycles. The molecule has 0 aromatic carbocycles. The summed E-state index contributed by atoms with van der Waals surface area (Å²) in [6.45, 7) is 3.77. The van der Waals surface area contributed by atoms with Crippen LogP contribution in [0, 0.1) is 6.92 Å². The maximum absolute atomic E-state index is 11.7. The highest BCUT2D eigenvalue weighted by Crippen LogP contribution is 2.00. The molecule has 0 aliphatic heterocycles. The third kappa shape index (κ3) is 1.04. The van der Waals surface area contributed by atoms with Gasteiger partial charge < -0.3 is 0 Å². The van der Waals surface area contributed by atoms with E-state index in [-0.39, 0.29) is 5.56 Å². The first-order valence-corrected chi connectivity index (χ1v) is 4.15. The first kappa shape index (κ1) is 7.97.